The van der Waals surface area contributed by atoms with Crippen molar-refractivity contribution < 1.29 is 9.53 Å². The Morgan fingerprint density at radius 3 is 2.71 bits per heavy atom. The maximum Gasteiger partial charge on any atom is 0.313 e. The van der Waals surface area contributed by atoms with Crippen molar-refractivity contribution in [3.05, 3.63) is 12.2 Å². The molecule has 2 rings (SSSR count). The second kappa shape index (κ2) is 4.15. The van der Waals surface area contributed by atoms with Gasteiger partial charge in [0.2, 0.25) is 0 Å². The second-order valence-corrected chi connectivity index (χ2v) is 6.66. The monoisotopic (exact) mass is 236 g/mol. The van der Waals surface area contributed by atoms with Gasteiger partial charge in [0.25, 0.3) is 0 Å². The molecule has 1 aliphatic heterocycles. The van der Waals surface area contributed by atoms with Crippen molar-refractivity contribution >= 4 is 5.97 Å². The smallest absolute Gasteiger partial charge is 0.313 e. The largest absolute Gasteiger partial charge is 0.462 e. The molecular weight excluding hydrogens is 212 g/mol. The van der Waals surface area contributed by atoms with Crippen molar-refractivity contribution in [1.29, 1.82) is 0 Å². The molecular formula is C15H24O2. The molecule has 0 aromatic heterocycles. The molecule has 0 unspecified atom stereocenters. The summed E-state index contributed by atoms with van der Waals surface area (Å²) in [7, 11) is 0. The van der Waals surface area contributed by atoms with Gasteiger partial charge < -0.3 is 4.74 Å². The quantitative estimate of drug-likeness (QED) is 0.541. The van der Waals surface area contributed by atoms with Crippen molar-refractivity contribution in [2.45, 2.75) is 53.1 Å². The van der Waals surface area contributed by atoms with E-state index in [0.717, 1.165) is 24.8 Å². The van der Waals surface area contributed by atoms with E-state index in [1.54, 1.807) is 0 Å². The van der Waals surface area contributed by atoms with Crippen molar-refractivity contribution in [3.8, 4) is 0 Å². The van der Waals surface area contributed by atoms with Gasteiger partial charge >= 0.3 is 5.97 Å². The third-order valence-corrected chi connectivity index (χ3v) is 4.54. The number of hydrogen-bond acceptors (Lipinski definition) is 2. The highest BCUT2D eigenvalue weighted by Crippen LogP contribution is 2.53. The average Bonchev–Trinajstić information content (AvgIpc) is 2.12. The minimum Gasteiger partial charge on any atom is -0.462 e. The Bertz CT molecular complexity index is 341. The molecule has 0 spiro atoms. The zero-order chi connectivity index (χ0) is 12.8. The van der Waals surface area contributed by atoms with Crippen LogP contribution in [0.2, 0.25) is 0 Å². The third kappa shape index (κ3) is 2.02. The lowest BCUT2D eigenvalue weighted by Gasteiger charge is -2.52. The van der Waals surface area contributed by atoms with Gasteiger partial charge in [0.05, 0.1) is 5.92 Å². The SMILES string of the molecule is C=C1CC[C@@H]2[C@@H](CC(C)C)OC(=O)[C@H]1C2(C)C. The highest BCUT2D eigenvalue weighted by molar-refractivity contribution is 5.78. The lowest BCUT2D eigenvalue weighted by molar-refractivity contribution is -0.184. The molecule has 1 aliphatic carbocycles. The summed E-state index contributed by atoms with van der Waals surface area (Å²) in [5.74, 6) is 0.953. The van der Waals surface area contributed by atoms with E-state index in [1.807, 2.05) is 0 Å². The molecule has 1 saturated carbocycles. The summed E-state index contributed by atoms with van der Waals surface area (Å²) in [4.78, 5) is 12.1. The first-order valence-corrected chi connectivity index (χ1v) is 6.72. The molecule has 2 bridgehead atoms. The van der Waals surface area contributed by atoms with E-state index in [1.165, 1.54) is 0 Å². The maximum atomic E-state index is 12.1. The normalized spacial score (nSPS) is 35.9. The van der Waals surface area contributed by atoms with Crippen LogP contribution < -0.4 is 0 Å². The first-order chi connectivity index (χ1) is 7.84. The summed E-state index contributed by atoms with van der Waals surface area (Å²) in [6, 6.07) is 0. The number of ether oxygens (including phenoxy) is 1. The van der Waals surface area contributed by atoms with Crippen LogP contribution >= 0.6 is 0 Å². The Kier molecular flexibility index (Phi) is 3.09. The Morgan fingerprint density at radius 1 is 1.47 bits per heavy atom. The first kappa shape index (κ1) is 12.7. The fraction of sp³-hybridized carbons (Fsp3) is 0.800. The van der Waals surface area contributed by atoms with Gasteiger partial charge in [0.1, 0.15) is 6.10 Å². The number of carbonyl (C=O) groups is 1. The Labute approximate surface area is 104 Å². The number of esters is 1. The topological polar surface area (TPSA) is 26.3 Å². The van der Waals surface area contributed by atoms with E-state index in [9.17, 15) is 4.79 Å². The lowest BCUT2D eigenvalue weighted by Crippen LogP contribution is -2.54. The minimum atomic E-state index is -0.0790. The maximum absolute atomic E-state index is 12.1. The third-order valence-electron chi connectivity index (χ3n) is 4.54. The predicted molar refractivity (Wildman–Crippen MR) is 68.5 cm³/mol. The molecule has 0 aromatic rings. The second-order valence-electron chi connectivity index (χ2n) is 6.66. The van der Waals surface area contributed by atoms with Gasteiger partial charge in [0.15, 0.2) is 0 Å². The first-order valence-electron chi connectivity index (χ1n) is 6.72. The van der Waals surface area contributed by atoms with Gasteiger partial charge in [-0.1, -0.05) is 39.8 Å². The average molecular weight is 236 g/mol. The van der Waals surface area contributed by atoms with Crippen LogP contribution in [0.5, 0.6) is 0 Å². The van der Waals surface area contributed by atoms with E-state index in [2.05, 4.69) is 34.3 Å². The zero-order valence-electron chi connectivity index (χ0n) is 11.5. The van der Waals surface area contributed by atoms with E-state index in [4.69, 9.17) is 4.74 Å². The number of hydrogen-bond donors (Lipinski definition) is 0. The van der Waals surface area contributed by atoms with E-state index in [-0.39, 0.29) is 23.4 Å². The van der Waals surface area contributed by atoms with Gasteiger partial charge in [-0.05, 0) is 30.6 Å². The van der Waals surface area contributed by atoms with Crippen LogP contribution in [0.1, 0.15) is 47.0 Å². The highest BCUT2D eigenvalue weighted by Gasteiger charge is 2.54. The molecule has 1 saturated heterocycles. The highest BCUT2D eigenvalue weighted by atomic mass is 16.5. The van der Waals surface area contributed by atoms with Crippen molar-refractivity contribution in [3.63, 3.8) is 0 Å². The molecule has 96 valence electrons. The summed E-state index contributed by atoms with van der Waals surface area (Å²) in [5, 5.41) is 0. The molecule has 1 heterocycles. The molecule has 2 fully saturated rings. The summed E-state index contributed by atoms with van der Waals surface area (Å²) >= 11 is 0. The number of rotatable bonds is 2. The van der Waals surface area contributed by atoms with Crippen LogP contribution in [-0.2, 0) is 9.53 Å². The summed E-state index contributed by atoms with van der Waals surface area (Å²) in [6.45, 7) is 12.9. The summed E-state index contributed by atoms with van der Waals surface area (Å²) in [6.07, 6.45) is 3.20. The van der Waals surface area contributed by atoms with E-state index in [0.29, 0.717) is 11.8 Å². The molecule has 0 aromatic carbocycles. The molecule has 17 heavy (non-hydrogen) atoms. The van der Waals surface area contributed by atoms with E-state index < -0.39 is 0 Å². The van der Waals surface area contributed by atoms with Crippen LogP contribution in [0.4, 0.5) is 0 Å². The van der Waals surface area contributed by atoms with E-state index >= 15 is 0 Å². The van der Waals surface area contributed by atoms with Gasteiger partial charge in [-0.15, -0.1) is 0 Å². The number of carbonyl (C=O) groups excluding carboxylic acids is 1. The Morgan fingerprint density at radius 2 is 2.12 bits per heavy atom. The number of cyclic esters (lactones) is 1. The van der Waals surface area contributed by atoms with Crippen LogP contribution in [0.15, 0.2) is 12.2 Å². The zero-order valence-corrected chi connectivity index (χ0v) is 11.5. The fourth-order valence-corrected chi connectivity index (χ4v) is 3.71. The number of fused-ring (bicyclic) bond motifs is 2. The van der Waals surface area contributed by atoms with Gasteiger partial charge in [-0.2, -0.15) is 0 Å². The molecule has 3 atom stereocenters. The van der Waals surface area contributed by atoms with Crippen LogP contribution in [0.3, 0.4) is 0 Å². The van der Waals surface area contributed by atoms with Crippen LogP contribution in [-0.4, -0.2) is 12.1 Å². The molecule has 0 amide bonds. The molecule has 0 radical (unpaired) electrons. The van der Waals surface area contributed by atoms with Crippen molar-refractivity contribution in [2.24, 2.45) is 23.2 Å². The van der Waals surface area contributed by atoms with Crippen LogP contribution in [0, 0.1) is 23.2 Å². The summed E-state index contributed by atoms with van der Waals surface area (Å²) in [5.41, 5.74) is 1.09. The van der Waals surface area contributed by atoms with Gasteiger partial charge in [0, 0.05) is 5.92 Å². The van der Waals surface area contributed by atoms with Crippen molar-refractivity contribution in [2.75, 3.05) is 0 Å². The standard InChI is InChI=1S/C15H24O2/c1-9(2)8-12-11-7-6-10(3)13(14(16)17-12)15(11,4)5/h9,11-13H,3,6-8H2,1-2,4-5H3/t11-,12-,13+/m1/s1. The van der Waals surface area contributed by atoms with Gasteiger partial charge in [-0.25, -0.2) is 0 Å². The minimum absolute atomic E-state index is 0.0181. The Hall–Kier alpha value is -0.790. The summed E-state index contributed by atoms with van der Waals surface area (Å²) < 4.78 is 5.67. The van der Waals surface area contributed by atoms with Crippen LogP contribution in [0.25, 0.3) is 0 Å². The fourth-order valence-electron chi connectivity index (χ4n) is 3.71. The molecule has 0 N–H and O–H groups in total. The lowest BCUT2D eigenvalue weighted by atomic mass is 9.57. The molecule has 2 heteroatoms. The van der Waals surface area contributed by atoms with Gasteiger partial charge in [-0.3, -0.25) is 4.79 Å². The predicted octanol–water partition coefficient (Wildman–Crippen LogP) is 3.57. The van der Waals surface area contributed by atoms with Crippen molar-refractivity contribution in [1.82, 2.24) is 0 Å². The molecule has 2 nitrogen and oxygen atoms in total. The molecule has 2 aliphatic rings. The Balaban J connectivity index is 2.28.